The summed E-state index contributed by atoms with van der Waals surface area (Å²) in [5.74, 6) is -1.05. The summed E-state index contributed by atoms with van der Waals surface area (Å²) in [5.41, 5.74) is -16.8. The van der Waals surface area contributed by atoms with Gasteiger partial charge in [0.2, 0.25) is 0 Å². The number of carbonyl (C=O) groups is 1. The first-order valence-electron chi connectivity index (χ1n) is 10.6. The molecule has 4 unspecified atom stereocenters. The van der Waals surface area contributed by atoms with Gasteiger partial charge in [0.1, 0.15) is 5.60 Å². The van der Waals surface area contributed by atoms with E-state index in [1.807, 2.05) is 0 Å². The first-order chi connectivity index (χ1) is 14.4. The van der Waals surface area contributed by atoms with E-state index in [-0.39, 0.29) is 6.42 Å². The summed E-state index contributed by atoms with van der Waals surface area (Å²) >= 11 is 0. The number of hydrogen-bond acceptors (Lipinski definition) is 5. The third-order valence-corrected chi connectivity index (χ3v) is 8.96. The summed E-state index contributed by atoms with van der Waals surface area (Å²) in [6.07, 6.45) is -12.8. The zero-order valence-corrected chi connectivity index (χ0v) is 19.0. The van der Waals surface area contributed by atoms with E-state index in [2.05, 4.69) is 6.58 Å². The predicted molar refractivity (Wildman–Crippen MR) is 104 cm³/mol. The monoisotopic (exact) mass is 488 g/mol. The fraction of sp³-hybridized carbons (Fsp3) is 0.864. The highest BCUT2D eigenvalue weighted by atomic mass is 19.4. The molecule has 0 amide bonds. The second kappa shape index (κ2) is 6.66. The quantitative estimate of drug-likeness (QED) is 0.307. The Hall–Kier alpha value is -1.33. The second-order valence-corrected chi connectivity index (χ2v) is 11.4. The molecule has 4 aliphatic rings. The van der Waals surface area contributed by atoms with Gasteiger partial charge in [-0.25, -0.2) is 4.79 Å². The molecule has 4 rings (SSSR count). The molecule has 0 aromatic carbocycles. The van der Waals surface area contributed by atoms with Crippen molar-refractivity contribution in [2.75, 3.05) is 0 Å². The normalized spacial score (nSPS) is 40.2. The summed E-state index contributed by atoms with van der Waals surface area (Å²) in [6.45, 7) is 6.79. The van der Waals surface area contributed by atoms with Crippen LogP contribution in [-0.4, -0.2) is 56.0 Å². The Morgan fingerprint density at radius 2 is 1.09 bits per heavy atom. The average molecular weight is 488 g/mol. The molecule has 4 fully saturated rings. The SMILES string of the molecule is C=CC(=O)OC12CC3(C(C)(C)O)CC(C(C)(O)C(F)(F)F)(C1)CC(C(C)(O)C(F)(F)F)(C2)C3. The van der Waals surface area contributed by atoms with Crippen LogP contribution in [0.5, 0.6) is 0 Å². The summed E-state index contributed by atoms with van der Waals surface area (Å²) in [5, 5.41) is 32.8. The fourth-order valence-corrected chi connectivity index (χ4v) is 7.19. The Bertz CT molecular complexity index is 809. The Morgan fingerprint density at radius 1 is 0.758 bits per heavy atom. The van der Waals surface area contributed by atoms with Crippen molar-refractivity contribution in [2.45, 2.75) is 101 Å². The fourth-order valence-electron chi connectivity index (χ4n) is 7.19. The number of hydrogen-bond donors (Lipinski definition) is 3. The maximum Gasteiger partial charge on any atom is 0.417 e. The molecule has 5 nitrogen and oxygen atoms in total. The van der Waals surface area contributed by atoms with Gasteiger partial charge in [0.05, 0.1) is 5.60 Å². The number of esters is 1. The van der Waals surface area contributed by atoms with Crippen molar-refractivity contribution in [3.05, 3.63) is 12.7 Å². The van der Waals surface area contributed by atoms with Crippen molar-refractivity contribution in [3.63, 3.8) is 0 Å². The number of alkyl halides is 6. The molecule has 0 aliphatic heterocycles. The van der Waals surface area contributed by atoms with Crippen LogP contribution in [0, 0.1) is 16.2 Å². The van der Waals surface area contributed by atoms with Gasteiger partial charge >= 0.3 is 18.3 Å². The molecule has 0 saturated heterocycles. The number of aliphatic hydroxyl groups is 3. The van der Waals surface area contributed by atoms with Gasteiger partial charge in [-0.3, -0.25) is 0 Å². The first-order valence-corrected chi connectivity index (χ1v) is 10.6. The van der Waals surface area contributed by atoms with Crippen molar-refractivity contribution in [3.8, 4) is 0 Å². The van der Waals surface area contributed by atoms with Crippen LogP contribution >= 0.6 is 0 Å². The molecule has 3 N–H and O–H groups in total. The number of halogens is 6. The van der Waals surface area contributed by atoms with E-state index in [1.165, 1.54) is 13.8 Å². The van der Waals surface area contributed by atoms with Crippen LogP contribution in [0.1, 0.15) is 66.2 Å². The van der Waals surface area contributed by atoms with Crippen molar-refractivity contribution < 1.29 is 51.2 Å². The minimum Gasteiger partial charge on any atom is -0.456 e. The summed E-state index contributed by atoms with van der Waals surface area (Å²) in [4.78, 5) is 12.2. The molecule has 0 spiro atoms. The van der Waals surface area contributed by atoms with Crippen LogP contribution < -0.4 is 0 Å². The highest BCUT2D eigenvalue weighted by molar-refractivity contribution is 5.81. The van der Waals surface area contributed by atoms with E-state index in [0.717, 1.165) is 6.08 Å². The van der Waals surface area contributed by atoms with Gasteiger partial charge in [0.15, 0.2) is 11.2 Å². The zero-order valence-electron chi connectivity index (χ0n) is 19.0. The number of ether oxygens (including phenoxy) is 1. The maximum absolute atomic E-state index is 14.2. The Labute approximate surface area is 187 Å². The lowest BCUT2D eigenvalue weighted by molar-refractivity contribution is -0.397. The van der Waals surface area contributed by atoms with Gasteiger partial charge in [-0.1, -0.05) is 6.58 Å². The highest BCUT2D eigenvalue weighted by Crippen LogP contribution is 2.79. The molecule has 4 saturated carbocycles. The van der Waals surface area contributed by atoms with Gasteiger partial charge in [-0.05, 0) is 66.2 Å². The molecule has 4 atom stereocenters. The van der Waals surface area contributed by atoms with E-state index in [1.54, 1.807) is 0 Å². The summed E-state index contributed by atoms with van der Waals surface area (Å²) < 4.78 is 90.4. The lowest BCUT2D eigenvalue weighted by atomic mass is 9.31. The highest BCUT2D eigenvalue weighted by Gasteiger charge is 2.83. The van der Waals surface area contributed by atoms with E-state index in [0.29, 0.717) is 13.8 Å². The van der Waals surface area contributed by atoms with Gasteiger partial charge in [-0.2, -0.15) is 26.3 Å². The minimum atomic E-state index is -5.24. The van der Waals surface area contributed by atoms with Gasteiger partial charge in [0.25, 0.3) is 0 Å². The van der Waals surface area contributed by atoms with Gasteiger partial charge in [0, 0.05) is 22.3 Å². The zero-order chi connectivity index (χ0) is 25.7. The molecule has 33 heavy (non-hydrogen) atoms. The van der Waals surface area contributed by atoms with Crippen molar-refractivity contribution in [1.29, 1.82) is 0 Å². The Morgan fingerprint density at radius 3 is 1.39 bits per heavy atom. The van der Waals surface area contributed by atoms with Gasteiger partial charge < -0.3 is 20.1 Å². The first kappa shape index (κ1) is 26.3. The lowest BCUT2D eigenvalue weighted by Gasteiger charge is -2.75. The molecule has 4 aliphatic carbocycles. The molecule has 0 radical (unpaired) electrons. The molecular weight excluding hydrogens is 458 g/mol. The Kier molecular flexibility index (Phi) is 5.30. The predicted octanol–water partition coefficient (Wildman–Crippen LogP) is 4.19. The number of carbonyl (C=O) groups excluding carboxylic acids is 1. The lowest BCUT2D eigenvalue weighted by Crippen LogP contribution is -2.79. The van der Waals surface area contributed by atoms with E-state index < -0.39 is 89.1 Å². The second-order valence-electron chi connectivity index (χ2n) is 11.4. The van der Waals surface area contributed by atoms with E-state index in [4.69, 9.17) is 4.74 Å². The molecule has 4 bridgehead atoms. The third-order valence-electron chi connectivity index (χ3n) is 8.96. The largest absolute Gasteiger partial charge is 0.456 e. The van der Waals surface area contributed by atoms with E-state index in [9.17, 15) is 46.5 Å². The molecule has 0 aromatic rings. The third kappa shape index (κ3) is 3.36. The molecule has 0 aromatic heterocycles. The van der Waals surface area contributed by atoms with Crippen LogP contribution in [0.15, 0.2) is 12.7 Å². The van der Waals surface area contributed by atoms with Crippen LogP contribution in [0.4, 0.5) is 26.3 Å². The number of rotatable bonds is 5. The van der Waals surface area contributed by atoms with E-state index >= 15 is 0 Å². The van der Waals surface area contributed by atoms with Gasteiger partial charge in [-0.15, -0.1) is 0 Å². The standard InChI is InChI=1S/C22H30F6O5/c1-6-13(29)33-20-10-17(14(2,3)30)7-18(11-20,15(4,31)21(23,24)25)9-19(8-17,12-20)16(5,32)22(26,27)28/h6,30-32H,1,7-12H2,2-5H3. The summed E-state index contributed by atoms with van der Waals surface area (Å²) in [6, 6.07) is 0. The maximum atomic E-state index is 14.2. The molecule has 0 heterocycles. The molecule has 190 valence electrons. The van der Waals surface area contributed by atoms with Crippen molar-refractivity contribution in [2.24, 2.45) is 16.2 Å². The average Bonchev–Trinajstić information content (AvgIpc) is 2.57. The molecular formula is C22H30F6O5. The van der Waals surface area contributed by atoms with Crippen molar-refractivity contribution in [1.82, 2.24) is 0 Å². The van der Waals surface area contributed by atoms with Crippen LogP contribution in [0.2, 0.25) is 0 Å². The molecule has 11 heteroatoms. The smallest absolute Gasteiger partial charge is 0.417 e. The van der Waals surface area contributed by atoms with Crippen LogP contribution in [0.25, 0.3) is 0 Å². The Balaban J connectivity index is 2.38. The van der Waals surface area contributed by atoms with Crippen molar-refractivity contribution >= 4 is 5.97 Å². The van der Waals surface area contributed by atoms with Crippen LogP contribution in [0.3, 0.4) is 0 Å². The topological polar surface area (TPSA) is 87.0 Å². The summed E-state index contributed by atoms with van der Waals surface area (Å²) in [7, 11) is 0. The van der Waals surface area contributed by atoms with Crippen LogP contribution in [-0.2, 0) is 9.53 Å². The minimum absolute atomic E-state index is 0.214.